The van der Waals surface area contributed by atoms with Crippen molar-refractivity contribution in [2.75, 3.05) is 13.1 Å². The average molecular weight is 392 g/mol. The van der Waals surface area contributed by atoms with E-state index < -0.39 is 12.7 Å². The number of alkyl halides is 3. The highest BCUT2D eigenvalue weighted by Gasteiger charge is 2.30. The molecular formula is C21H23F3N2O2. The Hall–Kier alpha value is -2.44. The number of carbonyl (C=O) groups excluding carboxylic acids is 1. The molecule has 2 aliphatic rings. The van der Waals surface area contributed by atoms with Gasteiger partial charge in [0.25, 0.3) is 0 Å². The van der Waals surface area contributed by atoms with E-state index >= 15 is 0 Å². The Morgan fingerprint density at radius 2 is 1.82 bits per heavy atom. The van der Waals surface area contributed by atoms with Crippen molar-refractivity contribution in [3.63, 3.8) is 0 Å². The molecule has 4 rings (SSSR count). The van der Waals surface area contributed by atoms with Crippen LogP contribution in [-0.2, 0) is 11.3 Å². The summed E-state index contributed by atoms with van der Waals surface area (Å²) in [5.74, 6) is 0.901. The van der Waals surface area contributed by atoms with E-state index in [1.54, 1.807) is 24.3 Å². The van der Waals surface area contributed by atoms with Crippen LogP contribution < -0.4 is 4.74 Å². The number of hydrogen-bond acceptors (Lipinski definition) is 2. The van der Waals surface area contributed by atoms with Gasteiger partial charge in [0.2, 0.25) is 5.91 Å². The predicted molar refractivity (Wildman–Crippen MR) is 100 cm³/mol. The summed E-state index contributed by atoms with van der Waals surface area (Å²) >= 11 is 0. The van der Waals surface area contributed by atoms with E-state index in [1.807, 2.05) is 4.90 Å². The van der Waals surface area contributed by atoms with Gasteiger partial charge < -0.3 is 14.2 Å². The summed E-state index contributed by atoms with van der Waals surface area (Å²) in [5.41, 5.74) is 0.510. The monoisotopic (exact) mass is 392 g/mol. The Morgan fingerprint density at radius 3 is 2.50 bits per heavy atom. The molecule has 2 heterocycles. The van der Waals surface area contributed by atoms with Crippen LogP contribution in [0.3, 0.4) is 0 Å². The van der Waals surface area contributed by atoms with Gasteiger partial charge in [0.15, 0.2) is 0 Å². The van der Waals surface area contributed by atoms with E-state index in [2.05, 4.69) is 12.2 Å². The molecule has 1 aromatic carbocycles. The van der Waals surface area contributed by atoms with Gasteiger partial charge >= 0.3 is 6.18 Å². The van der Waals surface area contributed by atoms with Gasteiger partial charge in [-0.25, -0.2) is 0 Å². The molecule has 4 nitrogen and oxygen atoms in total. The molecule has 1 amide bonds. The summed E-state index contributed by atoms with van der Waals surface area (Å²) in [6.07, 6.45) is 4.37. The fraction of sp³-hybridized carbons (Fsp3) is 0.476. The lowest BCUT2D eigenvalue weighted by Crippen LogP contribution is -2.44. The van der Waals surface area contributed by atoms with Gasteiger partial charge in [-0.05, 0) is 31.0 Å². The summed E-state index contributed by atoms with van der Waals surface area (Å²) in [6, 6.07) is 6.85. The molecular weight excluding hydrogens is 369 g/mol. The fourth-order valence-electron chi connectivity index (χ4n) is 4.08. The van der Waals surface area contributed by atoms with E-state index in [1.165, 1.54) is 10.8 Å². The van der Waals surface area contributed by atoms with Gasteiger partial charge in [-0.1, -0.05) is 18.2 Å². The van der Waals surface area contributed by atoms with Crippen molar-refractivity contribution in [2.24, 2.45) is 5.92 Å². The van der Waals surface area contributed by atoms with Crippen molar-refractivity contribution in [3.8, 4) is 5.75 Å². The molecule has 0 unspecified atom stereocenters. The molecule has 0 radical (unpaired) electrons. The lowest BCUT2D eigenvalue weighted by molar-refractivity contribution is -0.140. The first kappa shape index (κ1) is 18.9. The molecule has 0 bridgehead atoms. The molecule has 2 aromatic rings. The third-order valence-electron chi connectivity index (χ3n) is 5.53. The van der Waals surface area contributed by atoms with Crippen molar-refractivity contribution in [3.05, 3.63) is 42.6 Å². The van der Waals surface area contributed by atoms with Crippen LogP contribution in [-0.4, -0.2) is 40.7 Å². The van der Waals surface area contributed by atoms with E-state index in [0.717, 1.165) is 25.7 Å². The quantitative estimate of drug-likeness (QED) is 0.716. The van der Waals surface area contributed by atoms with Crippen molar-refractivity contribution >= 4 is 16.8 Å². The number of halogens is 3. The van der Waals surface area contributed by atoms with Crippen molar-refractivity contribution < 1.29 is 22.7 Å². The van der Waals surface area contributed by atoms with Crippen LogP contribution >= 0.6 is 0 Å². The second-order valence-electron chi connectivity index (χ2n) is 7.53. The minimum absolute atomic E-state index is 0.0395. The number of benzene rings is 1. The molecule has 1 aliphatic carbocycles. The van der Waals surface area contributed by atoms with Crippen LogP contribution in [0.25, 0.3) is 10.9 Å². The van der Waals surface area contributed by atoms with Gasteiger partial charge in [-0.15, -0.1) is 0 Å². The highest BCUT2D eigenvalue weighted by molar-refractivity contribution is 5.86. The number of nitrogens with zero attached hydrogens (tertiary/aromatic N) is 2. The van der Waals surface area contributed by atoms with Crippen LogP contribution in [0.2, 0.25) is 0 Å². The maximum atomic E-state index is 12.7. The molecule has 1 fully saturated rings. The van der Waals surface area contributed by atoms with Crippen LogP contribution in [0, 0.1) is 5.92 Å². The molecule has 0 saturated carbocycles. The molecule has 0 atom stereocenters. The smallest absolute Gasteiger partial charge is 0.406 e. The molecule has 28 heavy (non-hydrogen) atoms. The van der Waals surface area contributed by atoms with E-state index in [-0.39, 0.29) is 17.9 Å². The Bertz CT molecular complexity index is 871. The topological polar surface area (TPSA) is 34.5 Å². The van der Waals surface area contributed by atoms with Gasteiger partial charge in [-0.3, -0.25) is 4.79 Å². The van der Waals surface area contributed by atoms with Crippen molar-refractivity contribution in [2.45, 2.75) is 44.5 Å². The molecule has 7 heteroatoms. The largest absolute Gasteiger partial charge is 0.490 e. The number of hydrogen-bond donors (Lipinski definition) is 0. The number of likely N-dealkylation sites (tertiary alicyclic amines) is 1. The van der Waals surface area contributed by atoms with Gasteiger partial charge in [-0.2, -0.15) is 13.2 Å². The van der Waals surface area contributed by atoms with Gasteiger partial charge in [0.1, 0.15) is 18.4 Å². The fourth-order valence-corrected chi connectivity index (χ4v) is 4.08. The third-order valence-corrected chi connectivity index (χ3v) is 5.53. The lowest BCUT2D eigenvalue weighted by atomic mass is 10.0. The zero-order valence-corrected chi connectivity index (χ0v) is 15.5. The maximum absolute atomic E-state index is 12.7. The Kier molecular flexibility index (Phi) is 5.08. The lowest BCUT2D eigenvalue weighted by Gasteiger charge is -2.33. The second-order valence-corrected chi connectivity index (χ2v) is 7.53. The molecule has 150 valence electrons. The first-order valence-corrected chi connectivity index (χ1v) is 9.66. The Balaban J connectivity index is 1.40. The van der Waals surface area contributed by atoms with Crippen LogP contribution in [0.15, 0.2) is 42.6 Å². The van der Waals surface area contributed by atoms with Crippen LogP contribution in [0.4, 0.5) is 13.2 Å². The number of fused-ring (bicyclic) bond motifs is 1. The van der Waals surface area contributed by atoms with E-state index in [9.17, 15) is 18.0 Å². The Labute approximate surface area is 161 Å². The molecule has 0 N–H and O–H groups in total. The minimum Gasteiger partial charge on any atom is -0.490 e. The molecule has 1 aliphatic heterocycles. The average Bonchev–Trinajstić information content (AvgIpc) is 3.32. The summed E-state index contributed by atoms with van der Waals surface area (Å²) in [6.45, 7) is 0.298. The zero-order valence-electron chi connectivity index (χ0n) is 15.5. The minimum atomic E-state index is -4.27. The van der Waals surface area contributed by atoms with Gasteiger partial charge in [0.05, 0.1) is 5.52 Å². The summed E-state index contributed by atoms with van der Waals surface area (Å²) in [4.78, 5) is 14.4. The number of piperidine rings is 1. The maximum Gasteiger partial charge on any atom is 0.406 e. The van der Waals surface area contributed by atoms with Gasteiger partial charge in [0, 0.05) is 43.4 Å². The third kappa shape index (κ3) is 4.03. The van der Waals surface area contributed by atoms with E-state index in [0.29, 0.717) is 29.7 Å². The summed E-state index contributed by atoms with van der Waals surface area (Å²) < 4.78 is 45.6. The van der Waals surface area contributed by atoms with Crippen LogP contribution in [0.1, 0.15) is 25.7 Å². The predicted octanol–water partition coefficient (Wildman–Crippen LogP) is 4.54. The van der Waals surface area contributed by atoms with Crippen LogP contribution in [0.5, 0.6) is 5.75 Å². The summed E-state index contributed by atoms with van der Waals surface area (Å²) in [5, 5.41) is 0.683. The summed E-state index contributed by atoms with van der Waals surface area (Å²) in [7, 11) is 0. The number of carbonyl (C=O) groups is 1. The first-order valence-electron chi connectivity index (χ1n) is 9.66. The number of ether oxygens (including phenoxy) is 1. The Morgan fingerprint density at radius 1 is 1.11 bits per heavy atom. The van der Waals surface area contributed by atoms with Crippen molar-refractivity contribution in [1.29, 1.82) is 0 Å². The number of aromatic nitrogens is 1. The molecule has 0 spiro atoms. The molecule has 1 aromatic heterocycles. The van der Waals surface area contributed by atoms with E-state index in [4.69, 9.17) is 4.74 Å². The number of rotatable bonds is 4. The number of allylic oxidation sites excluding steroid dienone is 2. The zero-order chi connectivity index (χ0) is 19.7. The second kappa shape index (κ2) is 7.53. The SMILES string of the molecule is O=C(C1CC=CC1)N1CCC(Oc2cccc3c2ccn3CC(F)(F)F)CC1. The molecule has 1 saturated heterocycles. The highest BCUT2D eigenvalue weighted by Crippen LogP contribution is 2.31. The normalized spacial score (nSPS) is 18.9. The number of amides is 1. The highest BCUT2D eigenvalue weighted by atomic mass is 19.4. The standard InChI is InChI=1S/C21H23F3N2O2/c22-21(23,24)14-26-13-10-17-18(26)6-3-7-19(17)28-16-8-11-25(12-9-16)20(27)15-4-1-2-5-15/h1-3,6-7,10,13,15-16H,4-5,8-9,11-12,14H2. The first-order chi connectivity index (χ1) is 13.4. The van der Waals surface area contributed by atoms with Crippen molar-refractivity contribution in [1.82, 2.24) is 9.47 Å².